The molecule has 0 fully saturated rings. The van der Waals surface area contributed by atoms with Gasteiger partial charge < -0.3 is 15.8 Å². The maximum atomic E-state index is 10.9. The van der Waals surface area contributed by atoms with Crippen LogP contribution in [0.3, 0.4) is 0 Å². The lowest BCUT2D eigenvalue weighted by Crippen LogP contribution is -2.34. The highest BCUT2D eigenvalue weighted by Gasteiger charge is 2.07. The number of thiocarbonyl (C=S) groups is 1. The zero-order valence-corrected chi connectivity index (χ0v) is 8.15. The first-order chi connectivity index (χ1) is 6.06. The van der Waals surface area contributed by atoms with E-state index in [1.165, 1.54) is 0 Å². The SMILES string of the molecule is CCOC(=O)CCC(=O)NC(N)=S. The number of carbonyl (C=O) groups is 2. The smallest absolute Gasteiger partial charge is 0.306 e. The quantitative estimate of drug-likeness (QED) is 0.485. The summed E-state index contributed by atoms with van der Waals surface area (Å²) in [6, 6.07) is 0. The van der Waals surface area contributed by atoms with Crippen molar-refractivity contribution in [2.24, 2.45) is 5.73 Å². The predicted octanol–water partition coefficient (Wildman–Crippen LogP) is -0.310. The van der Waals surface area contributed by atoms with E-state index < -0.39 is 5.97 Å². The van der Waals surface area contributed by atoms with Crippen molar-refractivity contribution in [3.8, 4) is 0 Å². The molecular formula is C7H12N2O3S. The highest BCUT2D eigenvalue weighted by atomic mass is 32.1. The number of carbonyl (C=O) groups excluding carboxylic acids is 2. The van der Waals surface area contributed by atoms with Gasteiger partial charge in [0.05, 0.1) is 13.0 Å². The van der Waals surface area contributed by atoms with Crippen LogP contribution in [0, 0.1) is 0 Å². The highest BCUT2D eigenvalue weighted by molar-refractivity contribution is 7.80. The van der Waals surface area contributed by atoms with Gasteiger partial charge in [-0.25, -0.2) is 0 Å². The number of esters is 1. The van der Waals surface area contributed by atoms with Crippen molar-refractivity contribution in [1.29, 1.82) is 0 Å². The minimum atomic E-state index is -0.402. The number of hydrogen-bond acceptors (Lipinski definition) is 4. The van der Waals surface area contributed by atoms with Crippen LogP contribution in [0.5, 0.6) is 0 Å². The Balaban J connectivity index is 3.58. The molecule has 0 saturated heterocycles. The number of ether oxygens (including phenoxy) is 1. The molecule has 0 aromatic rings. The second kappa shape index (κ2) is 6.36. The van der Waals surface area contributed by atoms with E-state index in [-0.39, 0.29) is 23.9 Å². The van der Waals surface area contributed by atoms with E-state index in [0.29, 0.717) is 6.61 Å². The molecule has 0 aliphatic carbocycles. The van der Waals surface area contributed by atoms with E-state index in [2.05, 4.69) is 22.3 Å². The Morgan fingerprint density at radius 1 is 1.46 bits per heavy atom. The molecular weight excluding hydrogens is 192 g/mol. The lowest BCUT2D eigenvalue weighted by Gasteiger charge is -2.02. The van der Waals surface area contributed by atoms with Gasteiger partial charge in [-0.05, 0) is 19.1 Å². The number of nitrogens with one attached hydrogen (secondary N) is 1. The fourth-order valence-corrected chi connectivity index (χ4v) is 0.762. The molecule has 0 aromatic carbocycles. The van der Waals surface area contributed by atoms with Gasteiger partial charge in [0.15, 0.2) is 5.11 Å². The molecule has 0 rings (SSSR count). The van der Waals surface area contributed by atoms with Gasteiger partial charge in [0.2, 0.25) is 5.91 Å². The number of amides is 1. The van der Waals surface area contributed by atoms with E-state index in [1.54, 1.807) is 6.92 Å². The molecule has 0 atom stereocenters. The van der Waals surface area contributed by atoms with E-state index in [4.69, 9.17) is 5.73 Å². The first-order valence-electron chi connectivity index (χ1n) is 3.81. The second-order valence-corrected chi connectivity index (χ2v) is 2.66. The van der Waals surface area contributed by atoms with Crippen molar-refractivity contribution >= 4 is 29.2 Å². The lowest BCUT2D eigenvalue weighted by atomic mass is 10.3. The molecule has 6 heteroatoms. The van der Waals surface area contributed by atoms with Gasteiger partial charge in [-0.15, -0.1) is 0 Å². The summed E-state index contributed by atoms with van der Waals surface area (Å²) < 4.78 is 4.61. The third-order valence-electron chi connectivity index (χ3n) is 1.12. The summed E-state index contributed by atoms with van der Waals surface area (Å²) in [6.07, 6.45) is 0.0818. The Labute approximate surface area is 81.6 Å². The van der Waals surface area contributed by atoms with Crippen LogP contribution in [0.1, 0.15) is 19.8 Å². The summed E-state index contributed by atoms with van der Waals surface area (Å²) >= 11 is 4.43. The van der Waals surface area contributed by atoms with E-state index in [9.17, 15) is 9.59 Å². The fourth-order valence-electron chi connectivity index (χ4n) is 0.649. The van der Waals surface area contributed by atoms with E-state index >= 15 is 0 Å². The number of rotatable bonds is 4. The molecule has 1 amide bonds. The molecule has 5 nitrogen and oxygen atoms in total. The zero-order valence-electron chi connectivity index (χ0n) is 7.33. The Morgan fingerprint density at radius 2 is 2.08 bits per heavy atom. The molecule has 0 heterocycles. The highest BCUT2D eigenvalue weighted by Crippen LogP contribution is 1.92. The van der Waals surface area contributed by atoms with Gasteiger partial charge in [0, 0.05) is 6.42 Å². The number of hydrogen-bond donors (Lipinski definition) is 2. The summed E-state index contributed by atoms with van der Waals surface area (Å²) in [7, 11) is 0. The van der Waals surface area contributed by atoms with Gasteiger partial charge in [0.25, 0.3) is 0 Å². The first kappa shape index (κ1) is 11.8. The zero-order chi connectivity index (χ0) is 10.3. The maximum absolute atomic E-state index is 10.9. The number of nitrogens with two attached hydrogens (primary N) is 1. The molecule has 0 bridgehead atoms. The van der Waals surface area contributed by atoms with E-state index in [0.717, 1.165) is 0 Å². The van der Waals surface area contributed by atoms with Crippen molar-refractivity contribution < 1.29 is 14.3 Å². The lowest BCUT2D eigenvalue weighted by molar-refractivity contribution is -0.144. The molecule has 74 valence electrons. The predicted molar refractivity (Wildman–Crippen MR) is 50.8 cm³/mol. The molecule has 13 heavy (non-hydrogen) atoms. The third kappa shape index (κ3) is 7.20. The summed E-state index contributed by atoms with van der Waals surface area (Å²) in [5.41, 5.74) is 5.04. The average Bonchev–Trinajstić information content (AvgIpc) is 2.00. The Bertz CT molecular complexity index is 218. The molecule has 0 aromatic heterocycles. The summed E-state index contributed by atoms with van der Waals surface area (Å²) in [6.45, 7) is 2.02. The van der Waals surface area contributed by atoms with Gasteiger partial charge in [-0.2, -0.15) is 0 Å². The van der Waals surface area contributed by atoms with Gasteiger partial charge in [-0.1, -0.05) is 0 Å². The van der Waals surface area contributed by atoms with Crippen LogP contribution in [0.2, 0.25) is 0 Å². The average molecular weight is 204 g/mol. The molecule has 0 aliphatic rings. The van der Waals surface area contributed by atoms with Crippen LogP contribution in [-0.2, 0) is 14.3 Å². The molecule has 3 N–H and O–H groups in total. The maximum Gasteiger partial charge on any atom is 0.306 e. The largest absolute Gasteiger partial charge is 0.466 e. The van der Waals surface area contributed by atoms with Gasteiger partial charge >= 0.3 is 5.97 Å². The standard InChI is InChI=1S/C7H12N2O3S/c1-2-12-6(11)4-3-5(10)9-7(8)13/h2-4H2,1H3,(H3,8,9,10,13). The third-order valence-corrected chi connectivity index (χ3v) is 1.23. The molecule has 0 spiro atoms. The van der Waals surface area contributed by atoms with Crippen molar-refractivity contribution in [3.05, 3.63) is 0 Å². The van der Waals surface area contributed by atoms with Crippen LogP contribution >= 0.6 is 12.2 Å². The molecule has 0 radical (unpaired) electrons. The molecule has 0 unspecified atom stereocenters. The van der Waals surface area contributed by atoms with Crippen molar-refractivity contribution in [2.75, 3.05) is 6.61 Å². The summed E-state index contributed by atoms with van der Waals surface area (Å²) in [5, 5.41) is 2.11. The van der Waals surface area contributed by atoms with Crippen LogP contribution in [0.25, 0.3) is 0 Å². The Morgan fingerprint density at radius 3 is 2.54 bits per heavy atom. The van der Waals surface area contributed by atoms with E-state index in [1.807, 2.05) is 0 Å². The van der Waals surface area contributed by atoms with Crippen LogP contribution in [-0.4, -0.2) is 23.6 Å². The molecule has 0 saturated carbocycles. The van der Waals surface area contributed by atoms with Crippen LogP contribution < -0.4 is 11.1 Å². The Hall–Kier alpha value is -1.17. The van der Waals surface area contributed by atoms with Gasteiger partial charge in [-0.3, -0.25) is 9.59 Å². The van der Waals surface area contributed by atoms with Crippen molar-refractivity contribution in [1.82, 2.24) is 5.32 Å². The minimum Gasteiger partial charge on any atom is -0.466 e. The molecule has 0 aliphatic heterocycles. The monoisotopic (exact) mass is 204 g/mol. The fraction of sp³-hybridized carbons (Fsp3) is 0.571. The normalized spacial score (nSPS) is 9.00. The first-order valence-corrected chi connectivity index (χ1v) is 4.22. The van der Waals surface area contributed by atoms with Gasteiger partial charge in [0.1, 0.15) is 0 Å². The minimum absolute atomic E-state index is 0.0379. The summed E-state index contributed by atoms with van der Waals surface area (Å²) in [5.74, 6) is -0.777. The summed E-state index contributed by atoms with van der Waals surface area (Å²) in [4.78, 5) is 21.6. The van der Waals surface area contributed by atoms with Crippen LogP contribution in [0.15, 0.2) is 0 Å². The Kier molecular flexibility index (Phi) is 5.79. The van der Waals surface area contributed by atoms with Crippen molar-refractivity contribution in [2.45, 2.75) is 19.8 Å². The van der Waals surface area contributed by atoms with Crippen LogP contribution in [0.4, 0.5) is 0 Å². The second-order valence-electron chi connectivity index (χ2n) is 2.22. The topological polar surface area (TPSA) is 81.4 Å². The van der Waals surface area contributed by atoms with Crippen molar-refractivity contribution in [3.63, 3.8) is 0 Å².